The Hall–Kier alpha value is -2.67. The van der Waals surface area contributed by atoms with Crippen LogP contribution in [0.4, 0.5) is 5.69 Å². The summed E-state index contributed by atoms with van der Waals surface area (Å²) in [6.45, 7) is 8.92. The van der Waals surface area contributed by atoms with Gasteiger partial charge >= 0.3 is 0 Å². The lowest BCUT2D eigenvalue weighted by Gasteiger charge is -2.36. The van der Waals surface area contributed by atoms with Crippen molar-refractivity contribution >= 4 is 16.6 Å². The van der Waals surface area contributed by atoms with Crippen molar-refractivity contribution < 1.29 is 0 Å². The highest BCUT2D eigenvalue weighted by Gasteiger charge is 2.23. The van der Waals surface area contributed by atoms with E-state index in [-0.39, 0.29) is 11.6 Å². The Labute approximate surface area is 170 Å². The summed E-state index contributed by atoms with van der Waals surface area (Å²) in [5, 5.41) is 8.46. The van der Waals surface area contributed by atoms with Crippen LogP contribution in [-0.2, 0) is 19.4 Å². The molecular formula is C22H28N6O. The average Bonchev–Trinajstić information content (AvgIpc) is 3.33. The van der Waals surface area contributed by atoms with E-state index in [9.17, 15) is 4.79 Å². The molecule has 1 N–H and O–H groups in total. The van der Waals surface area contributed by atoms with Gasteiger partial charge in [0.25, 0.3) is 5.56 Å². The van der Waals surface area contributed by atoms with Crippen LogP contribution in [0.1, 0.15) is 43.3 Å². The van der Waals surface area contributed by atoms with Crippen LogP contribution in [0.3, 0.4) is 0 Å². The van der Waals surface area contributed by atoms with E-state index in [2.05, 4.69) is 37.1 Å². The summed E-state index contributed by atoms with van der Waals surface area (Å²) in [5.74, 6) is 0. The molecule has 5 rings (SSSR count). The molecule has 1 aliphatic heterocycles. The van der Waals surface area contributed by atoms with Gasteiger partial charge in [-0.1, -0.05) is 0 Å². The van der Waals surface area contributed by atoms with Crippen molar-refractivity contribution in [2.75, 3.05) is 31.1 Å². The lowest BCUT2D eigenvalue weighted by atomic mass is 10.1. The predicted molar refractivity (Wildman–Crippen MR) is 114 cm³/mol. The zero-order chi connectivity index (χ0) is 20.0. The van der Waals surface area contributed by atoms with Crippen molar-refractivity contribution in [1.29, 1.82) is 0 Å². The molecule has 1 fully saturated rings. The molecule has 0 amide bonds. The summed E-state index contributed by atoms with van der Waals surface area (Å²) >= 11 is 0. The first-order valence-corrected chi connectivity index (χ1v) is 10.6. The van der Waals surface area contributed by atoms with Gasteiger partial charge in [0.2, 0.25) is 0 Å². The molecule has 0 atom stereocenters. The number of aromatic amines is 1. The molecule has 1 saturated heterocycles. The van der Waals surface area contributed by atoms with Gasteiger partial charge in [-0.25, -0.2) is 4.98 Å². The maximum atomic E-state index is 12.6. The summed E-state index contributed by atoms with van der Waals surface area (Å²) in [6.07, 6.45) is 5.24. The first-order chi connectivity index (χ1) is 14.1. The maximum Gasteiger partial charge on any atom is 0.261 e. The molecule has 3 heterocycles. The van der Waals surface area contributed by atoms with Gasteiger partial charge in [0.05, 0.1) is 22.9 Å². The van der Waals surface area contributed by atoms with Gasteiger partial charge in [0, 0.05) is 50.1 Å². The van der Waals surface area contributed by atoms with Crippen LogP contribution in [0.15, 0.2) is 29.3 Å². The predicted octanol–water partition coefficient (Wildman–Crippen LogP) is 2.51. The second-order valence-corrected chi connectivity index (χ2v) is 8.50. The number of H-pyrrole nitrogens is 1. The van der Waals surface area contributed by atoms with E-state index >= 15 is 0 Å². The summed E-state index contributed by atoms with van der Waals surface area (Å²) in [4.78, 5) is 22.0. The molecule has 0 radical (unpaired) electrons. The number of hydrogen-bond acceptors (Lipinski definition) is 5. The third kappa shape index (κ3) is 3.33. The normalized spacial score (nSPS) is 17.4. The van der Waals surface area contributed by atoms with Crippen LogP contribution in [-0.4, -0.2) is 50.8 Å². The van der Waals surface area contributed by atoms with E-state index in [1.54, 1.807) is 10.9 Å². The van der Waals surface area contributed by atoms with Crippen LogP contribution in [0.2, 0.25) is 0 Å². The number of anilines is 1. The molecule has 0 saturated carbocycles. The zero-order valence-corrected chi connectivity index (χ0v) is 17.2. The molecule has 2 aromatic heterocycles. The Morgan fingerprint density at radius 2 is 1.97 bits per heavy atom. The highest BCUT2D eigenvalue weighted by molar-refractivity contribution is 5.81. The molecule has 7 heteroatoms. The van der Waals surface area contributed by atoms with Crippen molar-refractivity contribution in [2.45, 2.75) is 45.7 Å². The number of nitrogens with one attached hydrogen (secondary N) is 1. The third-order valence-electron chi connectivity index (χ3n) is 6.33. The monoisotopic (exact) mass is 392 g/mol. The Bertz CT molecular complexity index is 1090. The van der Waals surface area contributed by atoms with E-state index < -0.39 is 0 Å². The van der Waals surface area contributed by atoms with Crippen molar-refractivity contribution in [2.24, 2.45) is 0 Å². The minimum Gasteiger partial charge on any atom is -0.369 e. The minimum absolute atomic E-state index is 0.0351. The molecule has 7 nitrogen and oxygen atoms in total. The maximum absolute atomic E-state index is 12.6. The van der Waals surface area contributed by atoms with Crippen molar-refractivity contribution in [1.82, 2.24) is 24.6 Å². The molecule has 0 spiro atoms. The van der Waals surface area contributed by atoms with Gasteiger partial charge in [0.1, 0.15) is 0 Å². The second-order valence-electron chi connectivity index (χ2n) is 8.50. The minimum atomic E-state index is 0.0351. The summed E-state index contributed by atoms with van der Waals surface area (Å²) in [7, 11) is 0. The lowest BCUT2D eigenvalue weighted by molar-refractivity contribution is 0.246. The SMILES string of the molecule is CC(C)n1cnc2cc(N3CCN(Cc4n[nH]c5c4CCC5)CC3)ccc2c1=O. The van der Waals surface area contributed by atoms with Crippen molar-refractivity contribution in [3.05, 3.63) is 51.8 Å². The van der Waals surface area contributed by atoms with E-state index in [4.69, 9.17) is 0 Å². The summed E-state index contributed by atoms with van der Waals surface area (Å²) in [6, 6.07) is 6.16. The first-order valence-electron chi connectivity index (χ1n) is 10.6. The molecule has 152 valence electrons. The fourth-order valence-electron chi connectivity index (χ4n) is 4.58. The largest absolute Gasteiger partial charge is 0.369 e. The highest BCUT2D eigenvalue weighted by atomic mass is 16.1. The number of aryl methyl sites for hydroxylation is 1. The van der Waals surface area contributed by atoms with Crippen molar-refractivity contribution in [3.63, 3.8) is 0 Å². The van der Waals surface area contributed by atoms with Gasteiger partial charge in [0.15, 0.2) is 0 Å². The zero-order valence-electron chi connectivity index (χ0n) is 17.2. The number of piperazine rings is 1. The van der Waals surface area contributed by atoms with Crippen LogP contribution in [0.25, 0.3) is 10.9 Å². The highest BCUT2D eigenvalue weighted by Crippen LogP contribution is 2.25. The fourth-order valence-corrected chi connectivity index (χ4v) is 4.58. The second kappa shape index (κ2) is 7.30. The number of hydrogen-bond donors (Lipinski definition) is 1. The van der Waals surface area contributed by atoms with Gasteiger partial charge < -0.3 is 4.90 Å². The number of nitrogens with zero attached hydrogens (tertiary/aromatic N) is 5. The summed E-state index contributed by atoms with van der Waals surface area (Å²) in [5.41, 5.74) is 6.00. The Balaban J connectivity index is 1.28. The number of fused-ring (bicyclic) bond motifs is 2. The fraction of sp³-hybridized carbons (Fsp3) is 0.500. The lowest BCUT2D eigenvalue weighted by Crippen LogP contribution is -2.46. The number of aromatic nitrogens is 4. The smallest absolute Gasteiger partial charge is 0.261 e. The molecule has 1 aromatic carbocycles. The van der Waals surface area contributed by atoms with E-state index in [1.165, 1.54) is 29.8 Å². The van der Waals surface area contributed by atoms with Crippen LogP contribution in [0.5, 0.6) is 0 Å². The average molecular weight is 393 g/mol. The van der Waals surface area contributed by atoms with Crippen LogP contribution >= 0.6 is 0 Å². The molecule has 29 heavy (non-hydrogen) atoms. The standard InChI is InChI=1S/C22H28N6O/c1-15(2)28-14-23-20-12-16(6-7-18(20)22(28)29)27-10-8-26(9-11-27)13-21-17-4-3-5-19(17)24-25-21/h6-7,12,14-15H,3-5,8-11,13H2,1-2H3,(H,24,25). The molecule has 3 aromatic rings. The van der Waals surface area contributed by atoms with Gasteiger partial charge in [-0.15, -0.1) is 0 Å². The molecule has 0 unspecified atom stereocenters. The van der Waals surface area contributed by atoms with Crippen LogP contribution < -0.4 is 10.5 Å². The third-order valence-corrected chi connectivity index (χ3v) is 6.33. The molecule has 0 bridgehead atoms. The summed E-state index contributed by atoms with van der Waals surface area (Å²) < 4.78 is 1.69. The number of benzene rings is 1. The Morgan fingerprint density at radius 3 is 2.76 bits per heavy atom. The van der Waals surface area contributed by atoms with Gasteiger partial charge in [-0.3, -0.25) is 19.4 Å². The van der Waals surface area contributed by atoms with E-state index in [0.29, 0.717) is 5.39 Å². The Morgan fingerprint density at radius 1 is 1.14 bits per heavy atom. The van der Waals surface area contributed by atoms with Gasteiger partial charge in [-0.2, -0.15) is 5.10 Å². The number of rotatable bonds is 4. The topological polar surface area (TPSA) is 70.1 Å². The van der Waals surface area contributed by atoms with E-state index in [0.717, 1.165) is 50.3 Å². The quantitative estimate of drug-likeness (QED) is 0.739. The van der Waals surface area contributed by atoms with Crippen LogP contribution in [0, 0.1) is 0 Å². The molecule has 2 aliphatic rings. The Kier molecular flexibility index (Phi) is 4.62. The van der Waals surface area contributed by atoms with E-state index in [1.807, 2.05) is 19.9 Å². The van der Waals surface area contributed by atoms with Gasteiger partial charge in [-0.05, 0) is 56.9 Å². The first kappa shape index (κ1) is 18.4. The molecular weight excluding hydrogens is 364 g/mol. The van der Waals surface area contributed by atoms with Crippen molar-refractivity contribution in [3.8, 4) is 0 Å². The molecule has 1 aliphatic carbocycles.